The number of H-pyrrole nitrogens is 1. The lowest BCUT2D eigenvalue weighted by Gasteiger charge is -2.15. The highest BCUT2D eigenvalue weighted by atomic mass is 19.4. The summed E-state index contributed by atoms with van der Waals surface area (Å²) < 4.78 is 35.5. The Morgan fingerprint density at radius 2 is 2.17 bits per heavy atom. The molecule has 18 heavy (non-hydrogen) atoms. The number of carbonyl (C=O) groups excluding carboxylic acids is 2. The Morgan fingerprint density at radius 1 is 1.50 bits per heavy atom. The number of likely N-dealkylation sites (N-methyl/N-ethyl adjacent to an activating group) is 1. The number of amides is 2. The molecule has 0 radical (unpaired) electrons. The van der Waals surface area contributed by atoms with Crippen LogP contribution >= 0.6 is 0 Å². The molecular weight excluding hydrogens is 255 g/mol. The molecule has 1 aromatic heterocycles. The molecule has 0 unspecified atom stereocenters. The fourth-order valence-corrected chi connectivity index (χ4v) is 1.04. The van der Waals surface area contributed by atoms with Crippen molar-refractivity contribution in [1.29, 1.82) is 0 Å². The van der Waals surface area contributed by atoms with Gasteiger partial charge in [0, 0.05) is 7.05 Å². The van der Waals surface area contributed by atoms with Crippen LogP contribution in [0.4, 0.5) is 13.2 Å². The van der Waals surface area contributed by atoms with Crippen molar-refractivity contribution in [3.05, 3.63) is 11.9 Å². The molecular formula is C8H10F3N5O2. The number of nitrogens with zero attached hydrogens (tertiary/aromatic N) is 3. The average Bonchev–Trinajstić information content (AvgIpc) is 2.77. The summed E-state index contributed by atoms with van der Waals surface area (Å²) in [4.78, 5) is 23.6. The van der Waals surface area contributed by atoms with Crippen molar-refractivity contribution in [1.82, 2.24) is 25.6 Å². The quantitative estimate of drug-likeness (QED) is 0.771. The smallest absolute Gasteiger partial charge is 0.345 e. The minimum Gasteiger partial charge on any atom is -0.345 e. The van der Waals surface area contributed by atoms with Gasteiger partial charge in [-0.2, -0.15) is 28.6 Å². The van der Waals surface area contributed by atoms with Crippen molar-refractivity contribution < 1.29 is 22.8 Å². The van der Waals surface area contributed by atoms with Crippen LogP contribution in [0.5, 0.6) is 0 Å². The number of aromatic amines is 1. The Morgan fingerprint density at radius 3 is 2.67 bits per heavy atom. The number of alkyl halides is 3. The topological polar surface area (TPSA) is 91.0 Å². The van der Waals surface area contributed by atoms with Gasteiger partial charge in [0.25, 0.3) is 5.91 Å². The third-order valence-corrected chi connectivity index (χ3v) is 1.85. The molecule has 0 bridgehead atoms. The fourth-order valence-electron chi connectivity index (χ4n) is 1.04. The number of halogens is 3. The van der Waals surface area contributed by atoms with E-state index in [1.165, 1.54) is 7.05 Å². The maximum Gasteiger partial charge on any atom is 0.405 e. The summed E-state index contributed by atoms with van der Waals surface area (Å²) in [6, 6.07) is 0. The van der Waals surface area contributed by atoms with Crippen molar-refractivity contribution in [2.45, 2.75) is 6.18 Å². The summed E-state index contributed by atoms with van der Waals surface area (Å²) in [7, 11) is 1.27. The summed E-state index contributed by atoms with van der Waals surface area (Å²) in [5.41, 5.74) is -0.0267. The van der Waals surface area contributed by atoms with Crippen LogP contribution in [0.3, 0.4) is 0 Å². The number of hydrogen-bond acceptors (Lipinski definition) is 4. The van der Waals surface area contributed by atoms with E-state index in [0.29, 0.717) is 0 Å². The van der Waals surface area contributed by atoms with E-state index in [1.807, 2.05) is 0 Å². The molecule has 10 heteroatoms. The van der Waals surface area contributed by atoms with E-state index >= 15 is 0 Å². The standard InChI is InChI=1S/C8H10F3N5O2/c1-16(7(18)5-2-13-15-14-5)3-6(17)12-4-8(9,10)11/h2H,3-4H2,1H3,(H,12,17)(H,13,14,15). The number of hydrogen-bond donors (Lipinski definition) is 2. The minimum absolute atomic E-state index is 0.0267. The van der Waals surface area contributed by atoms with E-state index in [-0.39, 0.29) is 5.69 Å². The molecule has 0 aliphatic rings. The van der Waals surface area contributed by atoms with E-state index in [9.17, 15) is 22.8 Å². The van der Waals surface area contributed by atoms with Gasteiger partial charge < -0.3 is 10.2 Å². The van der Waals surface area contributed by atoms with Gasteiger partial charge in [-0.1, -0.05) is 0 Å². The third kappa shape index (κ3) is 4.39. The number of nitrogens with one attached hydrogen (secondary N) is 2. The molecule has 0 fully saturated rings. The van der Waals surface area contributed by atoms with Crippen molar-refractivity contribution in [3.8, 4) is 0 Å². The zero-order valence-electron chi connectivity index (χ0n) is 9.28. The van der Waals surface area contributed by atoms with Crippen LogP contribution in [-0.2, 0) is 4.79 Å². The molecule has 7 nitrogen and oxygen atoms in total. The van der Waals surface area contributed by atoms with Crippen molar-refractivity contribution in [2.75, 3.05) is 20.1 Å². The first-order chi connectivity index (χ1) is 8.29. The van der Waals surface area contributed by atoms with Gasteiger partial charge in [-0.3, -0.25) is 9.59 Å². The molecule has 0 atom stereocenters. The van der Waals surface area contributed by atoms with Gasteiger partial charge in [-0.25, -0.2) is 0 Å². The predicted molar refractivity (Wildman–Crippen MR) is 52.4 cm³/mol. The zero-order valence-corrected chi connectivity index (χ0v) is 9.28. The molecule has 100 valence electrons. The van der Waals surface area contributed by atoms with Crippen LogP contribution in [0.2, 0.25) is 0 Å². The molecule has 0 saturated carbocycles. The van der Waals surface area contributed by atoms with Gasteiger partial charge in [-0.05, 0) is 0 Å². The van der Waals surface area contributed by atoms with Crippen LogP contribution in [0.15, 0.2) is 6.20 Å². The lowest BCUT2D eigenvalue weighted by molar-refractivity contribution is -0.138. The normalized spacial score (nSPS) is 11.1. The summed E-state index contributed by atoms with van der Waals surface area (Å²) in [5, 5.41) is 10.8. The van der Waals surface area contributed by atoms with E-state index in [4.69, 9.17) is 0 Å². The first-order valence-corrected chi connectivity index (χ1v) is 4.74. The van der Waals surface area contributed by atoms with Gasteiger partial charge >= 0.3 is 6.18 Å². The van der Waals surface area contributed by atoms with Crippen LogP contribution < -0.4 is 5.32 Å². The van der Waals surface area contributed by atoms with Gasteiger partial charge in [-0.15, -0.1) is 0 Å². The summed E-state index contributed by atoms with van der Waals surface area (Å²) >= 11 is 0. The Hall–Kier alpha value is -2.13. The molecule has 1 rings (SSSR count). The minimum atomic E-state index is -4.48. The van der Waals surface area contributed by atoms with Crippen molar-refractivity contribution >= 4 is 11.8 Å². The second-order valence-corrected chi connectivity index (χ2v) is 3.41. The SMILES string of the molecule is CN(CC(=O)NCC(F)(F)F)C(=O)c1cn[nH]n1. The van der Waals surface area contributed by atoms with E-state index in [2.05, 4.69) is 15.4 Å². The predicted octanol–water partition coefficient (Wildman–Crippen LogP) is -0.445. The molecule has 0 spiro atoms. The number of aromatic nitrogens is 3. The molecule has 0 saturated heterocycles. The lowest BCUT2D eigenvalue weighted by atomic mass is 10.4. The highest BCUT2D eigenvalue weighted by molar-refractivity contribution is 5.94. The first kappa shape index (κ1) is 13.9. The molecule has 0 aliphatic heterocycles. The van der Waals surface area contributed by atoms with Gasteiger partial charge in [0.15, 0.2) is 5.69 Å². The highest BCUT2D eigenvalue weighted by Crippen LogP contribution is 2.12. The summed E-state index contributed by atoms with van der Waals surface area (Å²) in [5.74, 6) is -1.53. The lowest BCUT2D eigenvalue weighted by Crippen LogP contribution is -2.41. The van der Waals surface area contributed by atoms with Crippen LogP contribution in [-0.4, -0.2) is 58.4 Å². The van der Waals surface area contributed by atoms with E-state index < -0.39 is 31.1 Å². The number of carbonyl (C=O) groups is 2. The van der Waals surface area contributed by atoms with Gasteiger partial charge in [0.1, 0.15) is 6.54 Å². The maximum absolute atomic E-state index is 11.8. The van der Waals surface area contributed by atoms with Crippen molar-refractivity contribution in [2.24, 2.45) is 0 Å². The Kier molecular flexibility index (Phi) is 4.23. The second-order valence-electron chi connectivity index (χ2n) is 3.41. The molecule has 1 aromatic rings. The zero-order chi connectivity index (χ0) is 13.8. The summed E-state index contributed by atoms with van der Waals surface area (Å²) in [6.45, 7) is -1.93. The maximum atomic E-state index is 11.8. The van der Waals surface area contributed by atoms with Gasteiger partial charge in [0.05, 0.1) is 12.7 Å². The monoisotopic (exact) mass is 265 g/mol. The molecule has 2 amide bonds. The first-order valence-electron chi connectivity index (χ1n) is 4.74. The number of rotatable bonds is 4. The molecule has 0 aromatic carbocycles. The third-order valence-electron chi connectivity index (χ3n) is 1.85. The van der Waals surface area contributed by atoms with Gasteiger partial charge in [0.2, 0.25) is 5.91 Å². The molecule has 2 N–H and O–H groups in total. The Balaban J connectivity index is 2.43. The van der Waals surface area contributed by atoms with Crippen molar-refractivity contribution in [3.63, 3.8) is 0 Å². The van der Waals surface area contributed by atoms with E-state index in [0.717, 1.165) is 11.1 Å². The average molecular weight is 265 g/mol. The second kappa shape index (κ2) is 5.47. The largest absolute Gasteiger partial charge is 0.405 e. The Bertz CT molecular complexity index is 417. The van der Waals surface area contributed by atoms with Crippen LogP contribution in [0.25, 0.3) is 0 Å². The Labute approximate surface area is 99.3 Å². The van der Waals surface area contributed by atoms with Crippen LogP contribution in [0, 0.1) is 0 Å². The summed E-state index contributed by atoms with van der Waals surface area (Å²) in [6.07, 6.45) is -3.34. The highest BCUT2D eigenvalue weighted by Gasteiger charge is 2.28. The van der Waals surface area contributed by atoms with Crippen LogP contribution in [0.1, 0.15) is 10.5 Å². The van der Waals surface area contributed by atoms with E-state index in [1.54, 1.807) is 5.32 Å². The fraction of sp³-hybridized carbons (Fsp3) is 0.500. The molecule has 0 aliphatic carbocycles. The molecule has 1 heterocycles.